The molecule has 0 saturated heterocycles. The predicted molar refractivity (Wildman–Crippen MR) is 61.5 cm³/mol. The molecule has 0 aromatic carbocycles. The maximum atomic E-state index is 11.3. The van der Waals surface area contributed by atoms with E-state index in [1.807, 2.05) is 0 Å². The fraction of sp³-hybridized carbons (Fsp3) is 0.700. The average Bonchev–Trinajstić information content (AvgIpc) is 2.19. The van der Waals surface area contributed by atoms with Gasteiger partial charge in [-0.15, -0.1) is 0 Å². The molecule has 0 fully saturated rings. The van der Waals surface area contributed by atoms with Crippen LogP contribution in [-0.2, 0) is 9.59 Å². The van der Waals surface area contributed by atoms with E-state index in [9.17, 15) is 14.4 Å². The summed E-state index contributed by atoms with van der Waals surface area (Å²) in [6, 6.07) is -1.48. The average molecular weight is 245 g/mol. The van der Waals surface area contributed by atoms with Gasteiger partial charge < -0.3 is 21.1 Å². The fourth-order valence-corrected chi connectivity index (χ4v) is 1.12. The third-order valence-electron chi connectivity index (χ3n) is 2.00. The zero-order valence-corrected chi connectivity index (χ0v) is 10.2. The van der Waals surface area contributed by atoms with Gasteiger partial charge in [-0.05, 0) is 5.92 Å². The van der Waals surface area contributed by atoms with E-state index in [0.717, 1.165) is 0 Å². The molecule has 0 aliphatic rings. The topological polar surface area (TPSA) is 108 Å². The highest BCUT2D eigenvalue weighted by atomic mass is 16.4. The molecule has 0 spiro atoms. The second-order valence-corrected chi connectivity index (χ2v) is 3.94. The molecule has 0 bridgehead atoms. The Hall–Kier alpha value is -1.79. The first kappa shape index (κ1) is 15.2. The third kappa shape index (κ3) is 7.15. The Labute approximate surface area is 100.0 Å². The quantitative estimate of drug-likeness (QED) is 0.474. The smallest absolute Gasteiger partial charge is 0.326 e. The number of carbonyl (C=O) groups excluding carboxylic acids is 2. The lowest BCUT2D eigenvalue weighted by Crippen LogP contribution is -2.49. The number of hydrogen-bond acceptors (Lipinski definition) is 3. The molecule has 17 heavy (non-hydrogen) atoms. The number of nitrogens with one attached hydrogen (secondary N) is 3. The lowest BCUT2D eigenvalue weighted by Gasteiger charge is -2.18. The van der Waals surface area contributed by atoms with Gasteiger partial charge in [-0.1, -0.05) is 13.8 Å². The van der Waals surface area contributed by atoms with Crippen LogP contribution in [-0.4, -0.2) is 42.1 Å². The Kier molecular flexibility index (Phi) is 6.69. The van der Waals surface area contributed by atoms with Gasteiger partial charge in [0.1, 0.15) is 6.04 Å². The van der Waals surface area contributed by atoms with Crippen LogP contribution in [0.25, 0.3) is 0 Å². The molecule has 0 aliphatic heterocycles. The monoisotopic (exact) mass is 245 g/mol. The molecule has 0 aliphatic carbocycles. The second-order valence-electron chi connectivity index (χ2n) is 3.94. The van der Waals surface area contributed by atoms with Gasteiger partial charge in [-0.3, -0.25) is 4.79 Å². The lowest BCUT2D eigenvalue weighted by molar-refractivity contribution is -0.140. The van der Waals surface area contributed by atoms with Crippen molar-refractivity contribution >= 4 is 17.9 Å². The van der Waals surface area contributed by atoms with Crippen molar-refractivity contribution < 1.29 is 19.5 Å². The first-order valence-corrected chi connectivity index (χ1v) is 5.36. The maximum absolute atomic E-state index is 11.3. The Morgan fingerprint density at radius 2 is 1.65 bits per heavy atom. The molecule has 0 heterocycles. The van der Waals surface area contributed by atoms with E-state index < -0.39 is 18.0 Å². The van der Waals surface area contributed by atoms with Crippen LogP contribution in [0, 0.1) is 5.92 Å². The first-order chi connectivity index (χ1) is 7.84. The molecule has 3 amide bonds. The number of carboxylic acids is 1. The van der Waals surface area contributed by atoms with Crippen LogP contribution in [0.3, 0.4) is 0 Å². The molecule has 98 valence electrons. The minimum absolute atomic E-state index is 0.183. The Morgan fingerprint density at radius 3 is 2.06 bits per heavy atom. The molecular formula is C10H19N3O4. The van der Waals surface area contributed by atoms with Gasteiger partial charge in [0.2, 0.25) is 5.91 Å². The molecular weight excluding hydrogens is 226 g/mol. The zero-order valence-electron chi connectivity index (χ0n) is 10.2. The zero-order chi connectivity index (χ0) is 13.4. The van der Waals surface area contributed by atoms with E-state index in [1.54, 1.807) is 13.8 Å². The number of rotatable bonds is 6. The van der Waals surface area contributed by atoms with Crippen LogP contribution >= 0.6 is 0 Å². The fourth-order valence-electron chi connectivity index (χ4n) is 1.12. The maximum Gasteiger partial charge on any atom is 0.326 e. The Balaban J connectivity index is 3.91. The second kappa shape index (κ2) is 7.48. The third-order valence-corrected chi connectivity index (χ3v) is 2.00. The molecule has 4 N–H and O–H groups in total. The number of amides is 3. The normalized spacial score (nSPS) is 11.8. The van der Waals surface area contributed by atoms with E-state index in [1.165, 1.54) is 6.92 Å². The van der Waals surface area contributed by atoms with Crippen LogP contribution in [0.1, 0.15) is 20.8 Å². The van der Waals surface area contributed by atoms with Gasteiger partial charge in [-0.25, -0.2) is 9.59 Å². The van der Waals surface area contributed by atoms with Gasteiger partial charge in [0.05, 0.1) is 0 Å². The van der Waals surface area contributed by atoms with E-state index >= 15 is 0 Å². The first-order valence-electron chi connectivity index (χ1n) is 5.36. The van der Waals surface area contributed by atoms with Crippen molar-refractivity contribution in [2.24, 2.45) is 5.92 Å². The Morgan fingerprint density at radius 1 is 1.12 bits per heavy atom. The van der Waals surface area contributed by atoms with Crippen molar-refractivity contribution in [3.63, 3.8) is 0 Å². The molecule has 0 aromatic heterocycles. The van der Waals surface area contributed by atoms with Gasteiger partial charge >= 0.3 is 12.0 Å². The van der Waals surface area contributed by atoms with Gasteiger partial charge in [-0.2, -0.15) is 0 Å². The lowest BCUT2D eigenvalue weighted by atomic mass is 10.1. The summed E-state index contributed by atoms with van der Waals surface area (Å²) in [6.45, 7) is 5.34. The molecule has 0 unspecified atom stereocenters. The number of hydrogen-bond donors (Lipinski definition) is 4. The van der Waals surface area contributed by atoms with Gasteiger partial charge in [0, 0.05) is 20.0 Å². The van der Waals surface area contributed by atoms with Crippen molar-refractivity contribution in [3.8, 4) is 0 Å². The SMILES string of the molecule is CC(=O)NCCNC(=O)N[C@@H](C(=O)O)C(C)C. The summed E-state index contributed by atoms with van der Waals surface area (Å²) in [5.41, 5.74) is 0. The highest BCUT2D eigenvalue weighted by Gasteiger charge is 2.22. The summed E-state index contributed by atoms with van der Waals surface area (Å²) < 4.78 is 0. The van der Waals surface area contributed by atoms with Crippen LogP contribution in [0.2, 0.25) is 0 Å². The number of urea groups is 1. The van der Waals surface area contributed by atoms with Crippen molar-refractivity contribution in [1.29, 1.82) is 0 Å². The van der Waals surface area contributed by atoms with Crippen LogP contribution in [0.5, 0.6) is 0 Å². The van der Waals surface area contributed by atoms with E-state index in [4.69, 9.17) is 5.11 Å². The van der Waals surface area contributed by atoms with Crippen molar-refractivity contribution in [3.05, 3.63) is 0 Å². The summed E-state index contributed by atoms with van der Waals surface area (Å²) in [4.78, 5) is 32.6. The highest BCUT2D eigenvalue weighted by molar-refractivity contribution is 5.82. The minimum Gasteiger partial charge on any atom is -0.480 e. The number of carboxylic acid groups (broad SMARTS) is 1. The van der Waals surface area contributed by atoms with Crippen LogP contribution in [0.4, 0.5) is 4.79 Å². The van der Waals surface area contributed by atoms with Gasteiger partial charge in [0.15, 0.2) is 0 Å². The molecule has 7 nitrogen and oxygen atoms in total. The van der Waals surface area contributed by atoms with E-state index in [2.05, 4.69) is 16.0 Å². The summed E-state index contributed by atoms with van der Waals surface area (Å²) in [5.74, 6) is -1.46. The predicted octanol–water partition coefficient (Wildman–Crippen LogP) is -0.469. The van der Waals surface area contributed by atoms with Gasteiger partial charge in [0.25, 0.3) is 0 Å². The summed E-state index contributed by atoms with van der Waals surface area (Å²) in [6.07, 6.45) is 0. The largest absolute Gasteiger partial charge is 0.480 e. The van der Waals surface area contributed by atoms with Crippen LogP contribution in [0.15, 0.2) is 0 Å². The van der Waals surface area contributed by atoms with Crippen molar-refractivity contribution in [1.82, 2.24) is 16.0 Å². The Bertz CT molecular complexity index is 291. The van der Waals surface area contributed by atoms with Crippen molar-refractivity contribution in [2.75, 3.05) is 13.1 Å². The van der Waals surface area contributed by atoms with Crippen molar-refractivity contribution in [2.45, 2.75) is 26.8 Å². The number of carbonyl (C=O) groups is 3. The molecule has 0 rings (SSSR count). The molecule has 0 radical (unpaired) electrons. The summed E-state index contributed by atoms with van der Waals surface area (Å²) in [5, 5.41) is 16.1. The van der Waals surface area contributed by atoms with E-state index in [0.29, 0.717) is 6.54 Å². The molecule has 1 atom stereocenters. The van der Waals surface area contributed by atoms with E-state index in [-0.39, 0.29) is 18.4 Å². The summed E-state index contributed by atoms with van der Waals surface area (Å²) >= 11 is 0. The molecule has 0 saturated carbocycles. The summed E-state index contributed by atoms with van der Waals surface area (Å²) in [7, 11) is 0. The number of aliphatic carboxylic acids is 1. The molecule has 7 heteroatoms. The molecule has 0 aromatic rings. The standard InChI is InChI=1S/C10H19N3O4/c1-6(2)8(9(15)16)13-10(17)12-5-4-11-7(3)14/h6,8H,4-5H2,1-3H3,(H,11,14)(H,15,16)(H2,12,13,17)/t8-/m1/s1. The van der Waals surface area contributed by atoms with Crippen LogP contribution < -0.4 is 16.0 Å². The highest BCUT2D eigenvalue weighted by Crippen LogP contribution is 2.00. The minimum atomic E-state index is -1.07.